The van der Waals surface area contributed by atoms with E-state index in [1.165, 1.54) is 0 Å². The van der Waals surface area contributed by atoms with Crippen LogP contribution in [0.2, 0.25) is 5.02 Å². The predicted molar refractivity (Wildman–Crippen MR) is 53.0 cm³/mol. The minimum atomic E-state index is -2.67. The summed E-state index contributed by atoms with van der Waals surface area (Å²) in [6.07, 6.45) is 1.10. The van der Waals surface area contributed by atoms with Gasteiger partial charge in [0.1, 0.15) is 5.69 Å². The number of hydrogen-bond donors (Lipinski definition) is 0. The second kappa shape index (κ2) is 5.42. The Morgan fingerprint density at radius 2 is 2.20 bits per heavy atom. The van der Waals surface area contributed by atoms with Gasteiger partial charge in [-0.15, -0.1) is 0 Å². The van der Waals surface area contributed by atoms with Crippen LogP contribution in [0, 0.1) is 5.92 Å². The molecule has 1 aromatic heterocycles. The number of ether oxygens (including phenoxy) is 1. The topological polar surface area (TPSA) is 27.1 Å². The van der Waals surface area contributed by atoms with Crippen molar-refractivity contribution in [1.82, 2.24) is 9.78 Å². The van der Waals surface area contributed by atoms with Gasteiger partial charge < -0.3 is 4.74 Å². The highest BCUT2D eigenvalue weighted by Gasteiger charge is 2.12. The quantitative estimate of drug-likeness (QED) is 0.788. The number of rotatable bonds is 5. The Hall–Kier alpha value is -0.680. The summed E-state index contributed by atoms with van der Waals surface area (Å²) in [4.78, 5) is 0. The molecule has 1 heterocycles. The average Bonchev–Trinajstić information content (AvgIpc) is 2.47. The van der Waals surface area contributed by atoms with Crippen LogP contribution in [0.3, 0.4) is 0 Å². The molecule has 0 atom stereocenters. The van der Waals surface area contributed by atoms with Crippen LogP contribution in [0.4, 0.5) is 8.78 Å². The SMILES string of the molecule is CC(C)COCc1nn(C(F)F)cc1Cl. The van der Waals surface area contributed by atoms with Gasteiger partial charge >= 0.3 is 6.55 Å². The molecule has 1 rings (SSSR count). The van der Waals surface area contributed by atoms with Gasteiger partial charge in [-0.25, -0.2) is 4.68 Å². The molecule has 0 unspecified atom stereocenters. The summed E-state index contributed by atoms with van der Waals surface area (Å²) in [5.74, 6) is 0.390. The van der Waals surface area contributed by atoms with Crippen molar-refractivity contribution in [3.05, 3.63) is 16.9 Å². The van der Waals surface area contributed by atoms with Crippen LogP contribution in [-0.2, 0) is 11.3 Å². The molecule has 0 bridgehead atoms. The second-order valence-electron chi connectivity index (χ2n) is 3.59. The van der Waals surface area contributed by atoms with Gasteiger partial charge in [0.25, 0.3) is 0 Å². The zero-order valence-electron chi connectivity index (χ0n) is 8.58. The molecule has 3 nitrogen and oxygen atoms in total. The van der Waals surface area contributed by atoms with E-state index < -0.39 is 6.55 Å². The maximum atomic E-state index is 12.2. The second-order valence-corrected chi connectivity index (χ2v) is 4.00. The van der Waals surface area contributed by atoms with Gasteiger partial charge in [-0.05, 0) is 5.92 Å². The van der Waals surface area contributed by atoms with Crippen LogP contribution in [0.1, 0.15) is 26.1 Å². The van der Waals surface area contributed by atoms with E-state index in [-0.39, 0.29) is 11.6 Å². The van der Waals surface area contributed by atoms with E-state index in [2.05, 4.69) is 5.10 Å². The van der Waals surface area contributed by atoms with E-state index in [1.54, 1.807) is 0 Å². The molecule has 86 valence electrons. The highest BCUT2D eigenvalue weighted by molar-refractivity contribution is 6.31. The zero-order valence-corrected chi connectivity index (χ0v) is 9.34. The van der Waals surface area contributed by atoms with Crippen molar-refractivity contribution < 1.29 is 13.5 Å². The molecule has 0 radical (unpaired) electrons. The fraction of sp³-hybridized carbons (Fsp3) is 0.667. The van der Waals surface area contributed by atoms with Gasteiger partial charge in [-0.3, -0.25) is 0 Å². The Balaban J connectivity index is 2.53. The number of aromatic nitrogens is 2. The molecule has 1 aromatic rings. The maximum absolute atomic E-state index is 12.2. The molecule has 0 fully saturated rings. The Morgan fingerprint density at radius 3 is 2.67 bits per heavy atom. The largest absolute Gasteiger partial charge is 0.375 e. The fourth-order valence-electron chi connectivity index (χ4n) is 0.996. The summed E-state index contributed by atoms with van der Waals surface area (Å²) in [6, 6.07) is 0. The first-order valence-corrected chi connectivity index (χ1v) is 4.98. The van der Waals surface area contributed by atoms with Crippen LogP contribution in [0.5, 0.6) is 0 Å². The van der Waals surface area contributed by atoms with Gasteiger partial charge in [0.2, 0.25) is 0 Å². The third-order valence-electron chi connectivity index (χ3n) is 1.65. The molecule has 0 aliphatic rings. The first kappa shape index (κ1) is 12.4. The van der Waals surface area contributed by atoms with E-state index in [1.807, 2.05) is 13.8 Å². The Bertz CT molecular complexity index is 315. The van der Waals surface area contributed by atoms with Crippen LogP contribution in [-0.4, -0.2) is 16.4 Å². The minimum absolute atomic E-state index is 0.163. The predicted octanol–water partition coefficient (Wildman–Crippen LogP) is 3.10. The molecule has 15 heavy (non-hydrogen) atoms. The van der Waals surface area contributed by atoms with Crippen molar-refractivity contribution in [2.45, 2.75) is 27.0 Å². The Labute approximate surface area is 92.0 Å². The lowest BCUT2D eigenvalue weighted by Crippen LogP contribution is -2.04. The number of halogens is 3. The van der Waals surface area contributed by atoms with E-state index in [9.17, 15) is 8.78 Å². The van der Waals surface area contributed by atoms with Crippen LogP contribution in [0.25, 0.3) is 0 Å². The molecular formula is C9H13ClF2N2O. The van der Waals surface area contributed by atoms with E-state index in [0.29, 0.717) is 22.9 Å². The smallest absolute Gasteiger partial charge is 0.333 e. The lowest BCUT2D eigenvalue weighted by molar-refractivity contribution is 0.0533. The highest BCUT2D eigenvalue weighted by atomic mass is 35.5. The van der Waals surface area contributed by atoms with E-state index in [4.69, 9.17) is 16.3 Å². The first-order chi connectivity index (χ1) is 7.00. The summed E-state index contributed by atoms with van der Waals surface area (Å²) >= 11 is 5.71. The monoisotopic (exact) mass is 238 g/mol. The van der Waals surface area contributed by atoms with Gasteiger partial charge in [0.05, 0.1) is 11.6 Å². The average molecular weight is 239 g/mol. The minimum Gasteiger partial charge on any atom is -0.375 e. The molecule has 0 saturated carbocycles. The van der Waals surface area contributed by atoms with Crippen LogP contribution >= 0.6 is 11.6 Å². The molecule has 6 heteroatoms. The summed E-state index contributed by atoms with van der Waals surface area (Å²) in [5, 5.41) is 3.82. The van der Waals surface area contributed by atoms with Gasteiger partial charge in [-0.1, -0.05) is 25.4 Å². The molecule has 0 aliphatic heterocycles. The standard InChI is InChI=1S/C9H13ClF2N2O/c1-6(2)4-15-5-8-7(10)3-14(13-8)9(11)12/h3,6,9H,4-5H2,1-2H3. The van der Waals surface area contributed by atoms with Gasteiger partial charge in [0, 0.05) is 12.8 Å². The summed E-state index contributed by atoms with van der Waals surface area (Å²) in [7, 11) is 0. The van der Waals surface area contributed by atoms with Gasteiger partial charge in [-0.2, -0.15) is 13.9 Å². The van der Waals surface area contributed by atoms with Crippen molar-refractivity contribution >= 4 is 11.6 Å². The fourth-order valence-corrected chi connectivity index (χ4v) is 1.19. The molecule has 0 N–H and O–H groups in total. The summed E-state index contributed by atoms with van der Waals surface area (Å²) < 4.78 is 30.2. The zero-order chi connectivity index (χ0) is 11.4. The highest BCUT2D eigenvalue weighted by Crippen LogP contribution is 2.19. The molecule has 0 spiro atoms. The lowest BCUT2D eigenvalue weighted by atomic mass is 10.2. The molecule has 0 saturated heterocycles. The van der Waals surface area contributed by atoms with Crippen LogP contribution < -0.4 is 0 Å². The summed E-state index contributed by atoms with van der Waals surface area (Å²) in [6.45, 7) is 2.05. The Morgan fingerprint density at radius 1 is 1.53 bits per heavy atom. The molecule has 0 aromatic carbocycles. The third-order valence-corrected chi connectivity index (χ3v) is 1.96. The number of hydrogen-bond acceptors (Lipinski definition) is 2. The van der Waals surface area contributed by atoms with Crippen molar-refractivity contribution in [3.63, 3.8) is 0 Å². The van der Waals surface area contributed by atoms with Crippen molar-refractivity contribution in [2.75, 3.05) is 6.61 Å². The number of nitrogens with zero attached hydrogens (tertiary/aromatic N) is 2. The van der Waals surface area contributed by atoms with Crippen molar-refractivity contribution in [1.29, 1.82) is 0 Å². The van der Waals surface area contributed by atoms with E-state index >= 15 is 0 Å². The third kappa shape index (κ3) is 3.76. The lowest BCUT2D eigenvalue weighted by Gasteiger charge is -2.04. The Kier molecular flexibility index (Phi) is 4.47. The maximum Gasteiger partial charge on any atom is 0.333 e. The molecule has 0 aliphatic carbocycles. The van der Waals surface area contributed by atoms with Crippen molar-refractivity contribution in [3.8, 4) is 0 Å². The summed E-state index contributed by atoms with van der Waals surface area (Å²) in [5.41, 5.74) is 0.345. The van der Waals surface area contributed by atoms with Gasteiger partial charge in [0.15, 0.2) is 0 Å². The normalized spacial score (nSPS) is 11.7. The first-order valence-electron chi connectivity index (χ1n) is 4.60. The van der Waals surface area contributed by atoms with Crippen LogP contribution in [0.15, 0.2) is 6.20 Å². The van der Waals surface area contributed by atoms with E-state index in [0.717, 1.165) is 6.20 Å². The molecule has 0 amide bonds. The van der Waals surface area contributed by atoms with Crippen molar-refractivity contribution in [2.24, 2.45) is 5.92 Å². The molecular weight excluding hydrogens is 226 g/mol. The number of alkyl halides is 2.